The van der Waals surface area contributed by atoms with E-state index in [-0.39, 0.29) is 25.7 Å². The van der Waals surface area contributed by atoms with Crippen molar-refractivity contribution in [2.75, 3.05) is 6.26 Å². The molecule has 0 aliphatic carbocycles. The van der Waals surface area contributed by atoms with Crippen LogP contribution in [0.5, 0.6) is 0 Å². The number of thioether (sulfide) groups is 1. The fraction of sp³-hybridized carbons (Fsp3) is 0.200. The molecule has 0 spiro atoms. The van der Waals surface area contributed by atoms with Gasteiger partial charge in [0.05, 0.1) is 9.92 Å². The van der Waals surface area contributed by atoms with Gasteiger partial charge in [-0.2, -0.15) is 5.10 Å². The molecule has 0 bridgehead atoms. The highest BCUT2D eigenvalue weighted by atomic mass is 35.5. The minimum absolute atomic E-state index is 0.0755. The summed E-state index contributed by atoms with van der Waals surface area (Å²) in [6, 6.07) is 3.24. The van der Waals surface area contributed by atoms with Gasteiger partial charge in [0.2, 0.25) is 9.84 Å². The fourth-order valence-corrected chi connectivity index (χ4v) is 4.67. The lowest BCUT2D eigenvalue weighted by molar-refractivity contribution is 0.593. The van der Waals surface area contributed by atoms with Crippen molar-refractivity contribution in [2.45, 2.75) is 28.2 Å². The Balaban J connectivity index is 2.73. The number of sulfone groups is 1. The highest BCUT2D eigenvalue weighted by molar-refractivity contribution is 7.99. The largest absolute Gasteiger partial charge is 0.244 e. The number of aliphatic imine (C=N–C) groups is 1. The monoisotopic (exact) mass is 387 g/mol. The SMILES string of the molecule is C=Nc1c(S(=O)(=O)c2ccc(F)c(Cl)c2)c(SC)nn1/C=C\CC. The second-order valence-electron chi connectivity index (χ2n) is 4.64. The molecule has 2 aromatic rings. The van der Waals surface area contributed by atoms with E-state index in [1.807, 2.05) is 13.0 Å². The van der Waals surface area contributed by atoms with Crippen LogP contribution in [0.4, 0.5) is 10.2 Å². The van der Waals surface area contributed by atoms with Gasteiger partial charge in [0.1, 0.15) is 10.8 Å². The van der Waals surface area contributed by atoms with Gasteiger partial charge in [0.15, 0.2) is 10.7 Å². The molecule has 0 atom stereocenters. The number of halogens is 2. The van der Waals surface area contributed by atoms with Crippen molar-refractivity contribution < 1.29 is 12.8 Å². The molecular formula is C15H15ClFN3O2S2. The zero-order valence-corrected chi connectivity index (χ0v) is 15.4. The van der Waals surface area contributed by atoms with Crippen LogP contribution in [0.2, 0.25) is 5.02 Å². The fourth-order valence-electron chi connectivity index (χ4n) is 1.97. The Morgan fingerprint density at radius 3 is 2.75 bits per heavy atom. The van der Waals surface area contributed by atoms with Gasteiger partial charge < -0.3 is 0 Å². The number of aromatic nitrogens is 2. The smallest absolute Gasteiger partial charge is 0.213 e. The maximum atomic E-state index is 13.3. The molecule has 0 N–H and O–H groups in total. The van der Waals surface area contributed by atoms with Crippen molar-refractivity contribution in [1.29, 1.82) is 0 Å². The summed E-state index contributed by atoms with van der Waals surface area (Å²) in [5.41, 5.74) is 0. The molecule has 0 saturated heterocycles. The molecule has 0 aliphatic heterocycles. The summed E-state index contributed by atoms with van der Waals surface area (Å²) in [4.78, 5) is 3.62. The molecule has 2 rings (SSSR count). The van der Waals surface area contributed by atoms with Crippen LogP contribution in [0.25, 0.3) is 6.20 Å². The molecule has 5 nitrogen and oxygen atoms in total. The summed E-state index contributed by atoms with van der Waals surface area (Å²) in [6.45, 7) is 5.38. The molecule has 0 radical (unpaired) electrons. The maximum absolute atomic E-state index is 13.3. The third-order valence-corrected chi connectivity index (χ3v) is 5.99. The quantitative estimate of drug-likeness (QED) is 0.417. The van der Waals surface area contributed by atoms with Gasteiger partial charge in [-0.1, -0.05) is 24.6 Å². The molecule has 1 aromatic carbocycles. The van der Waals surface area contributed by atoms with E-state index in [0.29, 0.717) is 0 Å². The average Bonchev–Trinajstić information content (AvgIpc) is 2.93. The first-order valence-corrected chi connectivity index (χ1v) is 9.95. The Bertz CT molecular complexity index is 908. The first-order valence-electron chi connectivity index (χ1n) is 6.86. The van der Waals surface area contributed by atoms with Gasteiger partial charge in [-0.05, 0) is 37.6 Å². The third-order valence-electron chi connectivity index (χ3n) is 3.11. The zero-order chi connectivity index (χ0) is 17.9. The van der Waals surface area contributed by atoms with E-state index < -0.39 is 15.7 Å². The van der Waals surface area contributed by atoms with Crippen LogP contribution in [0.1, 0.15) is 13.3 Å². The van der Waals surface area contributed by atoms with Gasteiger partial charge >= 0.3 is 0 Å². The highest BCUT2D eigenvalue weighted by Crippen LogP contribution is 2.37. The van der Waals surface area contributed by atoms with Crippen molar-refractivity contribution in [3.63, 3.8) is 0 Å². The third kappa shape index (κ3) is 3.40. The molecule has 9 heteroatoms. The molecule has 0 fully saturated rings. The van der Waals surface area contributed by atoms with Crippen LogP contribution in [-0.4, -0.2) is 31.2 Å². The number of allylic oxidation sites excluding steroid dienone is 1. The molecule has 128 valence electrons. The Labute approximate surface area is 149 Å². The van der Waals surface area contributed by atoms with E-state index in [1.54, 1.807) is 12.5 Å². The van der Waals surface area contributed by atoms with Crippen molar-refractivity contribution >= 4 is 51.9 Å². The number of rotatable bonds is 6. The summed E-state index contributed by atoms with van der Waals surface area (Å²) in [5.74, 6) is -0.589. The second-order valence-corrected chi connectivity index (χ2v) is 7.73. The first kappa shape index (κ1) is 18.7. The number of hydrogen-bond acceptors (Lipinski definition) is 5. The van der Waals surface area contributed by atoms with Gasteiger partial charge in [0, 0.05) is 6.20 Å². The van der Waals surface area contributed by atoms with E-state index in [9.17, 15) is 12.8 Å². The Morgan fingerprint density at radius 1 is 1.50 bits per heavy atom. The van der Waals surface area contributed by atoms with Crippen molar-refractivity contribution in [3.05, 3.63) is 35.1 Å². The summed E-state index contributed by atoms with van der Waals surface area (Å²) < 4.78 is 40.7. The summed E-state index contributed by atoms with van der Waals surface area (Å²) in [7, 11) is -3.99. The van der Waals surface area contributed by atoms with E-state index >= 15 is 0 Å². The van der Waals surface area contributed by atoms with Gasteiger partial charge in [-0.3, -0.25) is 0 Å². The summed E-state index contributed by atoms with van der Waals surface area (Å²) >= 11 is 6.88. The predicted molar refractivity (Wildman–Crippen MR) is 95.7 cm³/mol. The topological polar surface area (TPSA) is 64.3 Å². The van der Waals surface area contributed by atoms with E-state index in [1.165, 1.54) is 16.4 Å². The first-order chi connectivity index (χ1) is 11.4. The van der Waals surface area contributed by atoms with Gasteiger partial charge in [0.25, 0.3) is 0 Å². The lowest BCUT2D eigenvalue weighted by atomic mass is 10.3. The Morgan fingerprint density at radius 2 is 2.21 bits per heavy atom. The lowest BCUT2D eigenvalue weighted by Gasteiger charge is -2.06. The van der Waals surface area contributed by atoms with Gasteiger partial charge in [-0.15, -0.1) is 11.8 Å². The predicted octanol–water partition coefficient (Wildman–Crippen LogP) is 4.44. The molecule has 0 aliphatic rings. The Hall–Kier alpha value is -1.64. The Kier molecular flexibility index (Phi) is 5.84. The van der Waals surface area contributed by atoms with Crippen LogP contribution in [0.3, 0.4) is 0 Å². The van der Waals surface area contributed by atoms with E-state index in [2.05, 4.69) is 16.8 Å². The standard InChI is InChI=1S/C15H15ClFN3O2S2/c1-4-5-8-20-14(18-2)13(15(19-20)23-3)24(21,22)10-6-7-12(17)11(16)9-10/h5-9H,2,4H2,1,3H3/b8-5-. The second kappa shape index (κ2) is 7.50. The molecule has 1 aromatic heterocycles. The number of hydrogen-bond donors (Lipinski definition) is 0. The average molecular weight is 388 g/mol. The van der Waals surface area contributed by atoms with Crippen molar-refractivity contribution in [1.82, 2.24) is 9.78 Å². The molecule has 0 unspecified atom stereocenters. The molecule has 24 heavy (non-hydrogen) atoms. The van der Waals surface area contributed by atoms with Crippen molar-refractivity contribution in [3.8, 4) is 0 Å². The molecule has 0 saturated carbocycles. The van der Waals surface area contributed by atoms with Crippen molar-refractivity contribution in [2.24, 2.45) is 4.99 Å². The van der Waals surface area contributed by atoms with Crippen LogP contribution in [0.15, 0.2) is 44.1 Å². The van der Waals surface area contributed by atoms with Crippen LogP contribution < -0.4 is 0 Å². The van der Waals surface area contributed by atoms with E-state index in [0.717, 1.165) is 24.6 Å². The van der Waals surface area contributed by atoms with Crippen LogP contribution >= 0.6 is 23.4 Å². The molecule has 1 heterocycles. The molecule has 0 amide bonds. The van der Waals surface area contributed by atoms with Crippen LogP contribution in [-0.2, 0) is 9.84 Å². The highest BCUT2D eigenvalue weighted by Gasteiger charge is 2.30. The zero-order valence-electron chi connectivity index (χ0n) is 13.0. The summed E-state index contributed by atoms with van der Waals surface area (Å²) in [6.07, 6.45) is 5.90. The number of benzene rings is 1. The minimum atomic E-state index is -3.99. The van der Waals surface area contributed by atoms with Crippen LogP contribution in [0, 0.1) is 5.82 Å². The maximum Gasteiger partial charge on any atom is 0.213 e. The van der Waals surface area contributed by atoms with Gasteiger partial charge in [-0.25, -0.2) is 22.5 Å². The lowest BCUT2D eigenvalue weighted by Crippen LogP contribution is -2.03. The minimum Gasteiger partial charge on any atom is -0.244 e. The van der Waals surface area contributed by atoms with E-state index in [4.69, 9.17) is 11.6 Å². The normalized spacial score (nSPS) is 12.0. The number of nitrogens with zero attached hydrogens (tertiary/aromatic N) is 3. The molecular weight excluding hydrogens is 373 g/mol. The summed E-state index contributed by atoms with van der Waals surface area (Å²) in [5, 5.41) is 4.25.